The third-order valence-electron chi connectivity index (χ3n) is 3.45. The molecule has 0 fully saturated rings. The molecule has 3 aromatic rings. The Balaban J connectivity index is 1.70. The lowest BCUT2D eigenvalue weighted by molar-refractivity contribution is -0.113. The minimum Gasteiger partial charge on any atom is -0.461 e. The number of amides is 1. The molecule has 1 aromatic carbocycles. The molecule has 26 heavy (non-hydrogen) atoms. The molecule has 0 saturated carbocycles. The molecule has 2 heterocycles. The van der Waals surface area contributed by atoms with Crippen molar-refractivity contribution in [2.75, 3.05) is 11.1 Å². The molecule has 8 heteroatoms. The van der Waals surface area contributed by atoms with E-state index >= 15 is 0 Å². The van der Waals surface area contributed by atoms with Crippen LogP contribution in [0.4, 0.5) is 10.1 Å². The molecule has 0 atom stereocenters. The summed E-state index contributed by atoms with van der Waals surface area (Å²) in [7, 11) is 0. The fourth-order valence-corrected chi connectivity index (χ4v) is 3.15. The van der Waals surface area contributed by atoms with Crippen molar-refractivity contribution in [3.63, 3.8) is 0 Å². The number of benzene rings is 1. The second-order valence-electron chi connectivity index (χ2n) is 6.14. The first kappa shape index (κ1) is 18.2. The number of nitrogens with one attached hydrogen (secondary N) is 1. The van der Waals surface area contributed by atoms with Gasteiger partial charge >= 0.3 is 0 Å². The molecule has 3 rings (SSSR count). The van der Waals surface area contributed by atoms with Crippen LogP contribution >= 0.6 is 11.8 Å². The maximum absolute atomic E-state index is 13.2. The Kier molecular flexibility index (Phi) is 5.72. The highest BCUT2D eigenvalue weighted by molar-refractivity contribution is 7.99. The van der Waals surface area contributed by atoms with E-state index in [2.05, 4.69) is 29.4 Å². The molecule has 0 spiro atoms. The number of thioether (sulfide) groups is 1. The molecule has 0 aliphatic rings. The zero-order chi connectivity index (χ0) is 18.5. The SMILES string of the molecule is CC(C)Cn1c(SCC(=O)Nc2cccc(F)c2)nnc1-c1ccco1. The number of furan rings is 1. The lowest BCUT2D eigenvalue weighted by Gasteiger charge is -2.11. The van der Waals surface area contributed by atoms with Gasteiger partial charge in [0.15, 0.2) is 16.7 Å². The van der Waals surface area contributed by atoms with Gasteiger partial charge < -0.3 is 9.73 Å². The third kappa shape index (κ3) is 4.51. The van der Waals surface area contributed by atoms with Gasteiger partial charge in [0.1, 0.15) is 5.82 Å². The van der Waals surface area contributed by atoms with E-state index in [0.717, 1.165) is 0 Å². The predicted molar refractivity (Wildman–Crippen MR) is 98.3 cm³/mol. The molecule has 0 saturated heterocycles. The number of hydrogen-bond acceptors (Lipinski definition) is 5. The Hall–Kier alpha value is -2.61. The smallest absolute Gasteiger partial charge is 0.234 e. The quantitative estimate of drug-likeness (QED) is 0.631. The molecule has 2 aromatic heterocycles. The Bertz CT molecular complexity index is 877. The second kappa shape index (κ2) is 8.18. The van der Waals surface area contributed by atoms with Gasteiger partial charge in [-0.25, -0.2) is 4.39 Å². The summed E-state index contributed by atoms with van der Waals surface area (Å²) < 4.78 is 20.6. The number of rotatable bonds is 7. The molecule has 0 aliphatic heterocycles. The number of carbonyl (C=O) groups is 1. The Morgan fingerprint density at radius 3 is 2.85 bits per heavy atom. The van der Waals surface area contributed by atoms with Gasteiger partial charge in [0.2, 0.25) is 5.91 Å². The van der Waals surface area contributed by atoms with Crippen LogP contribution in [-0.2, 0) is 11.3 Å². The highest BCUT2D eigenvalue weighted by atomic mass is 32.2. The van der Waals surface area contributed by atoms with E-state index in [9.17, 15) is 9.18 Å². The van der Waals surface area contributed by atoms with Crippen molar-refractivity contribution in [1.29, 1.82) is 0 Å². The summed E-state index contributed by atoms with van der Waals surface area (Å²) in [5.41, 5.74) is 0.426. The summed E-state index contributed by atoms with van der Waals surface area (Å²) in [5.74, 6) is 1.16. The van der Waals surface area contributed by atoms with Crippen molar-refractivity contribution in [2.24, 2.45) is 5.92 Å². The largest absolute Gasteiger partial charge is 0.461 e. The van der Waals surface area contributed by atoms with E-state index in [-0.39, 0.29) is 11.7 Å². The van der Waals surface area contributed by atoms with E-state index in [1.54, 1.807) is 24.5 Å². The first-order chi connectivity index (χ1) is 12.5. The van der Waals surface area contributed by atoms with Crippen molar-refractivity contribution in [3.8, 4) is 11.6 Å². The predicted octanol–water partition coefficient (Wildman–Crippen LogP) is 4.06. The van der Waals surface area contributed by atoms with Crippen LogP contribution in [0.1, 0.15) is 13.8 Å². The van der Waals surface area contributed by atoms with E-state index in [1.165, 1.54) is 23.9 Å². The van der Waals surface area contributed by atoms with Crippen LogP contribution in [0.15, 0.2) is 52.2 Å². The Morgan fingerprint density at radius 1 is 1.31 bits per heavy atom. The van der Waals surface area contributed by atoms with Crippen molar-refractivity contribution < 1.29 is 13.6 Å². The zero-order valence-electron chi connectivity index (χ0n) is 14.5. The summed E-state index contributed by atoms with van der Waals surface area (Å²) in [4.78, 5) is 12.1. The molecule has 0 radical (unpaired) electrons. The topological polar surface area (TPSA) is 73.0 Å². The minimum absolute atomic E-state index is 0.144. The lowest BCUT2D eigenvalue weighted by atomic mass is 10.2. The fraction of sp³-hybridized carbons (Fsp3) is 0.278. The summed E-state index contributed by atoms with van der Waals surface area (Å²) in [6.07, 6.45) is 1.59. The molecule has 0 aliphatic carbocycles. The average molecular weight is 374 g/mol. The van der Waals surface area contributed by atoms with Crippen LogP contribution in [0.25, 0.3) is 11.6 Å². The molecule has 136 valence electrons. The summed E-state index contributed by atoms with van der Waals surface area (Å²) in [5, 5.41) is 11.7. The lowest BCUT2D eigenvalue weighted by Crippen LogP contribution is -2.15. The van der Waals surface area contributed by atoms with Crippen LogP contribution < -0.4 is 5.32 Å². The highest BCUT2D eigenvalue weighted by Crippen LogP contribution is 2.25. The van der Waals surface area contributed by atoms with Gasteiger partial charge in [0.05, 0.1) is 12.0 Å². The maximum atomic E-state index is 13.2. The van der Waals surface area contributed by atoms with Crippen molar-refractivity contribution in [2.45, 2.75) is 25.5 Å². The number of halogens is 1. The standard InChI is InChI=1S/C18H19FN4O2S/c1-12(2)10-23-17(15-7-4-8-25-15)21-22-18(23)26-11-16(24)20-14-6-3-5-13(19)9-14/h3-9,12H,10-11H2,1-2H3,(H,20,24). The van der Waals surface area contributed by atoms with Crippen molar-refractivity contribution >= 4 is 23.4 Å². The first-order valence-electron chi connectivity index (χ1n) is 8.18. The monoisotopic (exact) mass is 374 g/mol. The summed E-state index contributed by atoms with van der Waals surface area (Å²) in [6, 6.07) is 9.41. The number of nitrogens with zero attached hydrogens (tertiary/aromatic N) is 3. The normalized spacial score (nSPS) is 11.1. The highest BCUT2D eigenvalue weighted by Gasteiger charge is 2.18. The number of carbonyl (C=O) groups excluding carboxylic acids is 1. The Labute approximate surface area is 154 Å². The third-order valence-corrected chi connectivity index (χ3v) is 4.41. The molecular weight excluding hydrogens is 355 g/mol. The fourth-order valence-electron chi connectivity index (χ4n) is 2.41. The van der Waals surface area contributed by atoms with E-state index in [1.807, 2.05) is 10.6 Å². The maximum Gasteiger partial charge on any atom is 0.234 e. The molecule has 0 unspecified atom stereocenters. The van der Waals surface area contributed by atoms with Crippen LogP contribution in [0, 0.1) is 11.7 Å². The van der Waals surface area contributed by atoms with Gasteiger partial charge in [-0.2, -0.15) is 0 Å². The molecule has 1 amide bonds. The number of hydrogen-bond donors (Lipinski definition) is 1. The molecule has 1 N–H and O–H groups in total. The Morgan fingerprint density at radius 2 is 2.15 bits per heavy atom. The molecule has 6 nitrogen and oxygen atoms in total. The summed E-state index contributed by atoms with van der Waals surface area (Å²) >= 11 is 1.28. The van der Waals surface area contributed by atoms with E-state index in [0.29, 0.717) is 34.9 Å². The number of anilines is 1. The zero-order valence-corrected chi connectivity index (χ0v) is 15.3. The van der Waals surface area contributed by atoms with E-state index in [4.69, 9.17) is 4.42 Å². The van der Waals surface area contributed by atoms with Crippen molar-refractivity contribution in [3.05, 3.63) is 48.5 Å². The van der Waals surface area contributed by atoms with Gasteiger partial charge in [-0.15, -0.1) is 10.2 Å². The first-order valence-corrected chi connectivity index (χ1v) is 9.17. The second-order valence-corrected chi connectivity index (χ2v) is 7.08. The summed E-state index contributed by atoms with van der Waals surface area (Å²) in [6.45, 7) is 4.89. The van der Waals surface area contributed by atoms with Gasteiger partial charge in [-0.1, -0.05) is 31.7 Å². The average Bonchev–Trinajstić information content (AvgIpc) is 3.22. The van der Waals surface area contributed by atoms with E-state index < -0.39 is 5.82 Å². The van der Waals surface area contributed by atoms with Crippen LogP contribution in [-0.4, -0.2) is 26.4 Å². The minimum atomic E-state index is -0.393. The van der Waals surface area contributed by atoms with Crippen LogP contribution in [0.2, 0.25) is 0 Å². The van der Waals surface area contributed by atoms with Crippen LogP contribution in [0.5, 0.6) is 0 Å². The molecular formula is C18H19FN4O2S. The van der Waals surface area contributed by atoms with Gasteiger partial charge in [0, 0.05) is 12.2 Å². The van der Waals surface area contributed by atoms with Crippen molar-refractivity contribution in [1.82, 2.24) is 14.8 Å². The van der Waals surface area contributed by atoms with Gasteiger partial charge in [0.25, 0.3) is 0 Å². The molecule has 0 bridgehead atoms. The van der Waals surface area contributed by atoms with Gasteiger partial charge in [-0.05, 0) is 36.2 Å². The van der Waals surface area contributed by atoms with Crippen LogP contribution in [0.3, 0.4) is 0 Å². The number of aromatic nitrogens is 3. The van der Waals surface area contributed by atoms with Gasteiger partial charge in [-0.3, -0.25) is 9.36 Å².